The molecule has 3 aliphatic rings. The van der Waals surface area contributed by atoms with Gasteiger partial charge in [0.2, 0.25) is 0 Å². The van der Waals surface area contributed by atoms with Crippen molar-refractivity contribution < 1.29 is 23.8 Å². The fraction of sp³-hybridized carbons (Fsp3) is 0.778. The van der Waals surface area contributed by atoms with Gasteiger partial charge in [0.15, 0.2) is 5.41 Å². The van der Waals surface area contributed by atoms with Crippen molar-refractivity contribution in [1.29, 1.82) is 0 Å². The average molecular weight is 322 g/mol. The molecule has 23 heavy (non-hydrogen) atoms. The topological polar surface area (TPSA) is 61.8 Å². The van der Waals surface area contributed by atoms with Crippen LogP contribution in [0.1, 0.15) is 46.5 Å². The van der Waals surface area contributed by atoms with Crippen molar-refractivity contribution in [2.45, 2.75) is 57.7 Å². The van der Waals surface area contributed by atoms with Gasteiger partial charge in [0.25, 0.3) is 0 Å². The van der Waals surface area contributed by atoms with Crippen molar-refractivity contribution in [2.75, 3.05) is 14.2 Å². The van der Waals surface area contributed by atoms with Crippen LogP contribution in [-0.2, 0) is 23.8 Å². The molecule has 0 N–H and O–H groups in total. The Balaban J connectivity index is 2.06. The van der Waals surface area contributed by atoms with E-state index in [1.807, 2.05) is 0 Å². The predicted octanol–water partition coefficient (Wildman–Crippen LogP) is 2.63. The van der Waals surface area contributed by atoms with Gasteiger partial charge in [-0.05, 0) is 38.5 Å². The number of hydrogen-bond acceptors (Lipinski definition) is 5. The Hall–Kier alpha value is -1.36. The molecule has 0 amide bonds. The summed E-state index contributed by atoms with van der Waals surface area (Å²) in [5.41, 5.74) is -0.670. The number of methoxy groups -OCH3 is 2. The molecule has 1 saturated heterocycles. The Bertz CT molecular complexity index is 562. The first-order chi connectivity index (χ1) is 10.7. The summed E-state index contributed by atoms with van der Waals surface area (Å²) >= 11 is 0. The molecule has 0 radical (unpaired) electrons. The maximum Gasteiger partial charge on any atom is 0.323 e. The lowest BCUT2D eigenvalue weighted by atomic mass is 9.79. The van der Waals surface area contributed by atoms with E-state index in [2.05, 4.69) is 26.8 Å². The normalized spacial score (nSPS) is 37.3. The molecule has 2 aliphatic heterocycles. The number of hydrogen-bond donors (Lipinski definition) is 0. The second kappa shape index (κ2) is 5.07. The molecule has 2 heterocycles. The van der Waals surface area contributed by atoms with E-state index in [1.165, 1.54) is 14.2 Å². The van der Waals surface area contributed by atoms with Crippen molar-refractivity contribution in [3.05, 3.63) is 11.6 Å². The van der Waals surface area contributed by atoms with Crippen molar-refractivity contribution >= 4 is 11.9 Å². The molecular formula is C18H26O5. The number of carbonyl (C=O) groups excluding carboxylic acids is 2. The quantitative estimate of drug-likeness (QED) is 0.454. The van der Waals surface area contributed by atoms with Crippen LogP contribution in [0.2, 0.25) is 0 Å². The Kier molecular flexibility index (Phi) is 3.63. The third kappa shape index (κ3) is 2.09. The minimum atomic E-state index is -1.23. The maximum absolute atomic E-state index is 12.4. The Labute approximate surface area is 137 Å². The largest absolute Gasteiger partial charge is 0.468 e. The van der Waals surface area contributed by atoms with Gasteiger partial charge in [-0.2, -0.15) is 0 Å². The van der Waals surface area contributed by atoms with E-state index in [0.717, 1.165) is 18.4 Å². The molecule has 2 fully saturated rings. The van der Waals surface area contributed by atoms with Crippen LogP contribution in [0.15, 0.2) is 11.6 Å². The second-order valence-corrected chi connectivity index (χ2v) is 7.74. The highest BCUT2D eigenvalue weighted by molar-refractivity contribution is 6.01. The summed E-state index contributed by atoms with van der Waals surface area (Å²) in [6.07, 6.45) is 4.90. The zero-order valence-corrected chi connectivity index (χ0v) is 14.6. The van der Waals surface area contributed by atoms with Crippen LogP contribution in [0, 0.1) is 17.3 Å². The molecule has 0 spiro atoms. The van der Waals surface area contributed by atoms with E-state index < -0.39 is 17.4 Å². The summed E-state index contributed by atoms with van der Waals surface area (Å²) in [4.78, 5) is 24.8. The van der Waals surface area contributed by atoms with Crippen molar-refractivity contribution in [2.24, 2.45) is 17.3 Å². The summed E-state index contributed by atoms with van der Waals surface area (Å²) in [5, 5.41) is 0. The van der Waals surface area contributed by atoms with Crippen LogP contribution in [-0.4, -0.2) is 37.4 Å². The summed E-state index contributed by atoms with van der Waals surface area (Å²) in [6, 6.07) is 0. The molecule has 0 unspecified atom stereocenters. The number of ether oxygens (including phenoxy) is 3. The number of rotatable bonds is 3. The average Bonchev–Trinajstić information content (AvgIpc) is 3.05. The fourth-order valence-electron chi connectivity index (χ4n) is 4.78. The first kappa shape index (κ1) is 16.5. The predicted molar refractivity (Wildman–Crippen MR) is 83.6 cm³/mol. The summed E-state index contributed by atoms with van der Waals surface area (Å²) < 4.78 is 16.4. The Morgan fingerprint density at radius 1 is 1.22 bits per heavy atom. The van der Waals surface area contributed by atoms with Crippen LogP contribution in [0.4, 0.5) is 0 Å². The van der Waals surface area contributed by atoms with Crippen LogP contribution in [0.25, 0.3) is 0 Å². The van der Waals surface area contributed by atoms with Gasteiger partial charge in [0, 0.05) is 5.92 Å². The van der Waals surface area contributed by atoms with Crippen molar-refractivity contribution in [3.63, 3.8) is 0 Å². The maximum atomic E-state index is 12.4. The lowest BCUT2D eigenvalue weighted by Crippen LogP contribution is -2.45. The Morgan fingerprint density at radius 3 is 2.35 bits per heavy atom. The van der Waals surface area contributed by atoms with Gasteiger partial charge < -0.3 is 14.2 Å². The first-order valence-corrected chi connectivity index (χ1v) is 8.32. The molecular weight excluding hydrogens is 296 g/mol. The van der Waals surface area contributed by atoms with Gasteiger partial charge in [0.05, 0.1) is 25.4 Å². The monoisotopic (exact) mass is 322 g/mol. The van der Waals surface area contributed by atoms with E-state index in [9.17, 15) is 9.59 Å². The van der Waals surface area contributed by atoms with E-state index in [0.29, 0.717) is 18.8 Å². The smallest absolute Gasteiger partial charge is 0.323 e. The molecule has 1 saturated carbocycles. The fourth-order valence-corrected chi connectivity index (χ4v) is 4.78. The highest BCUT2D eigenvalue weighted by atomic mass is 16.5. The van der Waals surface area contributed by atoms with Gasteiger partial charge in [-0.3, -0.25) is 9.59 Å². The van der Waals surface area contributed by atoms with E-state index in [-0.39, 0.29) is 17.1 Å². The third-order valence-corrected chi connectivity index (χ3v) is 6.24. The second-order valence-electron chi connectivity index (χ2n) is 7.74. The minimum absolute atomic E-state index is 0.0649. The molecule has 0 aromatic heterocycles. The zero-order chi connectivity index (χ0) is 17.0. The van der Waals surface area contributed by atoms with Crippen LogP contribution in [0.5, 0.6) is 0 Å². The van der Waals surface area contributed by atoms with Crippen LogP contribution in [0.3, 0.4) is 0 Å². The summed E-state index contributed by atoms with van der Waals surface area (Å²) in [7, 11) is 2.65. The molecule has 1 aliphatic carbocycles. The Morgan fingerprint density at radius 2 is 1.83 bits per heavy atom. The summed E-state index contributed by atoms with van der Waals surface area (Å²) in [6.45, 7) is 6.43. The van der Waals surface area contributed by atoms with Gasteiger partial charge in [-0.1, -0.05) is 25.5 Å². The molecule has 5 heteroatoms. The minimum Gasteiger partial charge on any atom is -0.468 e. The van der Waals surface area contributed by atoms with E-state index >= 15 is 0 Å². The van der Waals surface area contributed by atoms with Crippen LogP contribution < -0.4 is 0 Å². The number of esters is 2. The SMILES string of the molecule is COC(=O)C1(C(=O)OC)CC2=C[C@]3(C(C)C)CC[C@@](C)(O3)[C@@H]2C1. The first-order valence-electron chi connectivity index (χ1n) is 8.32. The number of carbonyl (C=O) groups is 2. The van der Waals surface area contributed by atoms with Crippen molar-refractivity contribution in [3.8, 4) is 0 Å². The molecule has 3 atom stereocenters. The zero-order valence-electron chi connectivity index (χ0n) is 14.6. The molecule has 0 aromatic carbocycles. The molecule has 3 rings (SSSR count). The molecule has 0 aromatic rings. The highest BCUT2D eigenvalue weighted by Gasteiger charge is 2.64. The van der Waals surface area contributed by atoms with Gasteiger partial charge in [-0.25, -0.2) is 0 Å². The lowest BCUT2D eigenvalue weighted by Gasteiger charge is -2.42. The summed E-state index contributed by atoms with van der Waals surface area (Å²) in [5.74, 6) is -0.588. The van der Waals surface area contributed by atoms with Crippen molar-refractivity contribution in [1.82, 2.24) is 0 Å². The molecule has 128 valence electrons. The highest BCUT2D eigenvalue weighted by Crippen LogP contribution is 2.61. The van der Waals surface area contributed by atoms with Gasteiger partial charge in [-0.15, -0.1) is 0 Å². The van der Waals surface area contributed by atoms with Gasteiger partial charge in [0.1, 0.15) is 0 Å². The van der Waals surface area contributed by atoms with Gasteiger partial charge >= 0.3 is 11.9 Å². The van der Waals surface area contributed by atoms with Crippen LogP contribution >= 0.6 is 0 Å². The lowest BCUT2D eigenvalue weighted by molar-refractivity contribution is -0.170. The molecule has 5 nitrogen and oxygen atoms in total. The van der Waals surface area contributed by atoms with E-state index in [1.54, 1.807) is 0 Å². The third-order valence-electron chi connectivity index (χ3n) is 6.24. The number of fused-ring (bicyclic) bond motifs is 4. The van der Waals surface area contributed by atoms with E-state index in [4.69, 9.17) is 14.2 Å². The standard InChI is InChI=1S/C18H26O5/c1-11(2)18-7-6-16(3,23-18)13-10-17(14(19)21-4,15(20)22-5)8-12(13)9-18/h9,11,13H,6-8,10H2,1-5H3/t13-,16-,18+/m1/s1. The molecule has 2 bridgehead atoms.